The van der Waals surface area contributed by atoms with Crippen molar-refractivity contribution in [3.8, 4) is 11.6 Å². The lowest BCUT2D eigenvalue weighted by Gasteiger charge is -2.13. The Morgan fingerprint density at radius 2 is 1.90 bits per heavy atom. The first-order valence-electron chi connectivity index (χ1n) is 6.86. The summed E-state index contributed by atoms with van der Waals surface area (Å²) in [4.78, 5) is 4.36. The van der Waals surface area contributed by atoms with Crippen molar-refractivity contribution in [2.45, 2.75) is 40.2 Å². The summed E-state index contributed by atoms with van der Waals surface area (Å²) in [6.07, 6.45) is 0. The molecule has 20 heavy (non-hydrogen) atoms. The van der Waals surface area contributed by atoms with E-state index in [-0.39, 0.29) is 6.61 Å². The van der Waals surface area contributed by atoms with E-state index in [9.17, 15) is 5.11 Å². The molecule has 106 valence electrons. The number of aryl methyl sites for hydroxylation is 2. The molecular weight excluding hydrogens is 250 g/mol. The van der Waals surface area contributed by atoms with Crippen LogP contribution in [0.5, 0.6) is 11.6 Å². The number of rotatable bonds is 4. The Kier molecular flexibility index (Phi) is 4.40. The number of aromatic nitrogens is 1. The van der Waals surface area contributed by atoms with Gasteiger partial charge < -0.3 is 9.84 Å². The SMILES string of the molecule is Cc1cc(CO)cc(Oc2cc(C(C)C)ccc2C)n1. The highest BCUT2D eigenvalue weighted by atomic mass is 16.5. The molecule has 1 heterocycles. The van der Waals surface area contributed by atoms with Crippen molar-refractivity contribution < 1.29 is 9.84 Å². The van der Waals surface area contributed by atoms with Crippen LogP contribution in [-0.2, 0) is 6.61 Å². The zero-order chi connectivity index (χ0) is 14.7. The van der Waals surface area contributed by atoms with Crippen LogP contribution < -0.4 is 4.74 Å². The summed E-state index contributed by atoms with van der Waals surface area (Å²) in [5.74, 6) is 1.80. The molecule has 0 bridgehead atoms. The predicted molar refractivity (Wildman–Crippen MR) is 80.2 cm³/mol. The second-order valence-electron chi connectivity index (χ2n) is 5.39. The first-order chi connectivity index (χ1) is 9.49. The fourth-order valence-corrected chi connectivity index (χ4v) is 2.05. The van der Waals surface area contributed by atoms with Gasteiger partial charge in [0.2, 0.25) is 5.88 Å². The van der Waals surface area contributed by atoms with Crippen molar-refractivity contribution >= 4 is 0 Å². The third-order valence-corrected chi connectivity index (χ3v) is 3.27. The lowest BCUT2D eigenvalue weighted by Crippen LogP contribution is -1.96. The normalized spacial score (nSPS) is 10.9. The van der Waals surface area contributed by atoms with Crippen LogP contribution >= 0.6 is 0 Å². The highest BCUT2D eigenvalue weighted by Gasteiger charge is 2.08. The number of aliphatic hydroxyl groups excluding tert-OH is 1. The number of aliphatic hydroxyl groups is 1. The third kappa shape index (κ3) is 3.36. The van der Waals surface area contributed by atoms with E-state index in [1.807, 2.05) is 19.9 Å². The van der Waals surface area contributed by atoms with Gasteiger partial charge in [0.05, 0.1) is 6.61 Å². The molecule has 2 aromatic rings. The van der Waals surface area contributed by atoms with Crippen molar-refractivity contribution in [1.82, 2.24) is 4.98 Å². The second-order valence-corrected chi connectivity index (χ2v) is 5.39. The molecule has 0 unspecified atom stereocenters. The zero-order valence-corrected chi connectivity index (χ0v) is 12.5. The zero-order valence-electron chi connectivity index (χ0n) is 12.5. The average molecular weight is 271 g/mol. The maximum Gasteiger partial charge on any atom is 0.219 e. The maximum atomic E-state index is 9.24. The van der Waals surface area contributed by atoms with E-state index < -0.39 is 0 Å². The Balaban J connectivity index is 2.34. The molecule has 1 aromatic heterocycles. The molecule has 0 aliphatic heterocycles. The van der Waals surface area contributed by atoms with E-state index in [1.165, 1.54) is 5.56 Å². The van der Waals surface area contributed by atoms with E-state index in [2.05, 4.69) is 37.0 Å². The van der Waals surface area contributed by atoms with Crippen LogP contribution in [0.4, 0.5) is 0 Å². The summed E-state index contributed by atoms with van der Waals surface area (Å²) >= 11 is 0. The Bertz CT molecular complexity index is 606. The van der Waals surface area contributed by atoms with E-state index in [4.69, 9.17) is 4.74 Å². The molecule has 3 heteroatoms. The van der Waals surface area contributed by atoms with Crippen LogP contribution in [0.25, 0.3) is 0 Å². The van der Waals surface area contributed by atoms with Crippen LogP contribution in [0.1, 0.15) is 42.1 Å². The molecule has 0 fully saturated rings. The summed E-state index contributed by atoms with van der Waals surface area (Å²) < 4.78 is 5.90. The first kappa shape index (κ1) is 14.5. The summed E-state index contributed by atoms with van der Waals surface area (Å²) in [5.41, 5.74) is 3.96. The summed E-state index contributed by atoms with van der Waals surface area (Å²) in [6.45, 7) is 8.21. The van der Waals surface area contributed by atoms with Crippen LogP contribution in [0.15, 0.2) is 30.3 Å². The number of hydrogen-bond donors (Lipinski definition) is 1. The molecule has 1 aromatic carbocycles. The first-order valence-corrected chi connectivity index (χ1v) is 6.86. The lowest BCUT2D eigenvalue weighted by molar-refractivity contribution is 0.281. The van der Waals surface area contributed by atoms with E-state index in [0.29, 0.717) is 11.8 Å². The largest absolute Gasteiger partial charge is 0.439 e. The summed E-state index contributed by atoms with van der Waals surface area (Å²) in [5, 5.41) is 9.24. The number of pyridine rings is 1. The van der Waals surface area contributed by atoms with Crippen LogP contribution in [0.2, 0.25) is 0 Å². The molecule has 0 spiro atoms. The quantitative estimate of drug-likeness (QED) is 0.910. The van der Waals surface area contributed by atoms with Crippen molar-refractivity contribution in [1.29, 1.82) is 0 Å². The third-order valence-electron chi connectivity index (χ3n) is 3.27. The van der Waals surface area contributed by atoms with Gasteiger partial charge in [0.25, 0.3) is 0 Å². The van der Waals surface area contributed by atoms with Crippen molar-refractivity contribution in [2.75, 3.05) is 0 Å². The van der Waals surface area contributed by atoms with Gasteiger partial charge in [-0.1, -0.05) is 26.0 Å². The van der Waals surface area contributed by atoms with Gasteiger partial charge in [-0.3, -0.25) is 0 Å². The number of ether oxygens (including phenoxy) is 1. The van der Waals surface area contributed by atoms with Gasteiger partial charge in [-0.2, -0.15) is 0 Å². The van der Waals surface area contributed by atoms with Gasteiger partial charge in [0.15, 0.2) is 0 Å². The Hall–Kier alpha value is -1.87. The van der Waals surface area contributed by atoms with Crippen molar-refractivity contribution in [3.63, 3.8) is 0 Å². The second kappa shape index (κ2) is 6.06. The van der Waals surface area contributed by atoms with Crippen LogP contribution in [0.3, 0.4) is 0 Å². The molecule has 3 nitrogen and oxygen atoms in total. The minimum absolute atomic E-state index is 0.00919. The highest BCUT2D eigenvalue weighted by molar-refractivity contribution is 5.40. The average Bonchev–Trinajstić information content (AvgIpc) is 2.40. The summed E-state index contributed by atoms with van der Waals surface area (Å²) in [6, 6.07) is 9.87. The van der Waals surface area contributed by atoms with Crippen LogP contribution in [0, 0.1) is 13.8 Å². The molecule has 0 saturated heterocycles. The van der Waals surface area contributed by atoms with E-state index >= 15 is 0 Å². The number of benzene rings is 1. The van der Waals surface area contributed by atoms with Gasteiger partial charge in [-0.15, -0.1) is 0 Å². The Labute approximate surface area is 120 Å². The molecule has 0 aliphatic carbocycles. The lowest BCUT2D eigenvalue weighted by atomic mass is 10.0. The topological polar surface area (TPSA) is 42.4 Å². The van der Waals surface area contributed by atoms with Crippen molar-refractivity contribution in [3.05, 3.63) is 52.7 Å². The van der Waals surface area contributed by atoms with Crippen LogP contribution in [-0.4, -0.2) is 10.1 Å². The molecule has 0 atom stereocenters. The molecule has 0 saturated carbocycles. The summed E-state index contributed by atoms with van der Waals surface area (Å²) in [7, 11) is 0. The smallest absolute Gasteiger partial charge is 0.219 e. The fourth-order valence-electron chi connectivity index (χ4n) is 2.05. The molecular formula is C17H21NO2. The molecule has 1 N–H and O–H groups in total. The minimum Gasteiger partial charge on any atom is -0.439 e. The van der Waals surface area contributed by atoms with Gasteiger partial charge >= 0.3 is 0 Å². The van der Waals surface area contributed by atoms with Gasteiger partial charge in [0, 0.05) is 11.8 Å². The maximum absolute atomic E-state index is 9.24. The molecule has 0 radical (unpaired) electrons. The van der Waals surface area contributed by atoms with Gasteiger partial charge in [-0.25, -0.2) is 4.98 Å². The van der Waals surface area contributed by atoms with Gasteiger partial charge in [-0.05, 0) is 48.6 Å². The molecule has 2 rings (SSSR count). The van der Waals surface area contributed by atoms with E-state index in [0.717, 1.165) is 22.6 Å². The Morgan fingerprint density at radius 3 is 2.55 bits per heavy atom. The predicted octanol–water partition coefficient (Wildman–Crippen LogP) is 4.11. The number of nitrogens with zero attached hydrogens (tertiary/aromatic N) is 1. The van der Waals surface area contributed by atoms with Crippen molar-refractivity contribution in [2.24, 2.45) is 0 Å². The van der Waals surface area contributed by atoms with E-state index in [1.54, 1.807) is 6.07 Å². The standard InChI is InChI=1S/C17H21NO2/c1-11(2)15-6-5-12(3)16(9-15)20-17-8-14(10-19)7-13(4)18-17/h5-9,11,19H,10H2,1-4H3. The molecule has 0 amide bonds. The number of hydrogen-bond acceptors (Lipinski definition) is 3. The fraction of sp³-hybridized carbons (Fsp3) is 0.353. The highest BCUT2D eigenvalue weighted by Crippen LogP contribution is 2.28. The minimum atomic E-state index is -0.00919. The monoisotopic (exact) mass is 271 g/mol. The van der Waals surface area contributed by atoms with Gasteiger partial charge in [0.1, 0.15) is 5.75 Å². The Morgan fingerprint density at radius 1 is 1.15 bits per heavy atom. The molecule has 0 aliphatic rings.